The van der Waals surface area contributed by atoms with Gasteiger partial charge in [-0.25, -0.2) is 4.79 Å². The number of furan rings is 1. The van der Waals surface area contributed by atoms with Crippen LogP contribution in [-0.2, 0) is 14.3 Å². The van der Waals surface area contributed by atoms with Gasteiger partial charge in [-0.15, -0.1) is 0 Å². The number of hydrogen-bond donors (Lipinski definition) is 2. The molecule has 2 rings (SSSR count). The fourth-order valence-corrected chi connectivity index (χ4v) is 1.75. The van der Waals surface area contributed by atoms with Crippen molar-refractivity contribution in [2.75, 3.05) is 10.6 Å². The number of ether oxygens (including phenoxy) is 1. The molecule has 7 nitrogen and oxygen atoms in total. The minimum atomic E-state index is -0.984. The van der Waals surface area contributed by atoms with Gasteiger partial charge in [-0.3, -0.25) is 9.59 Å². The molecule has 2 N–H and O–H groups in total. The fraction of sp³-hybridized carbons (Fsp3) is 0.188. The maximum atomic E-state index is 12.0. The predicted octanol–water partition coefficient (Wildman–Crippen LogP) is 2.42. The maximum absolute atomic E-state index is 12.0. The first-order valence-corrected chi connectivity index (χ1v) is 6.88. The van der Waals surface area contributed by atoms with Gasteiger partial charge in [0.1, 0.15) is 0 Å². The molecule has 23 heavy (non-hydrogen) atoms. The number of nitrogens with one attached hydrogen (secondary N) is 2. The first kappa shape index (κ1) is 16.3. The molecule has 1 aromatic heterocycles. The number of benzene rings is 1. The van der Waals surface area contributed by atoms with Gasteiger partial charge in [-0.2, -0.15) is 0 Å². The van der Waals surface area contributed by atoms with E-state index in [1.807, 2.05) is 0 Å². The van der Waals surface area contributed by atoms with Crippen LogP contribution in [0.3, 0.4) is 0 Å². The van der Waals surface area contributed by atoms with E-state index in [1.165, 1.54) is 26.2 Å². The van der Waals surface area contributed by atoms with Gasteiger partial charge in [0.2, 0.25) is 11.7 Å². The molecule has 0 fully saturated rings. The highest BCUT2D eigenvalue weighted by Crippen LogP contribution is 2.14. The van der Waals surface area contributed by atoms with Crippen molar-refractivity contribution in [2.24, 2.45) is 0 Å². The minimum Gasteiger partial charge on any atom is -0.457 e. The van der Waals surface area contributed by atoms with Crippen molar-refractivity contribution in [3.8, 4) is 0 Å². The van der Waals surface area contributed by atoms with Crippen LogP contribution in [0.15, 0.2) is 47.1 Å². The number of amides is 2. The molecule has 0 spiro atoms. The second-order valence-corrected chi connectivity index (χ2v) is 4.77. The summed E-state index contributed by atoms with van der Waals surface area (Å²) in [5.41, 5.74) is 1.14. The second kappa shape index (κ2) is 7.26. The summed E-state index contributed by atoms with van der Waals surface area (Å²) in [6.45, 7) is 2.87. The zero-order chi connectivity index (χ0) is 16.8. The SMILES string of the molecule is CC(=O)Nc1ccc(NC(=O)[C@H](C)OC(=O)c2ccco2)cc1. The van der Waals surface area contributed by atoms with E-state index in [2.05, 4.69) is 10.6 Å². The average molecular weight is 316 g/mol. The molecule has 1 atom stereocenters. The van der Waals surface area contributed by atoms with Crippen LogP contribution >= 0.6 is 0 Å². The molecule has 0 saturated heterocycles. The van der Waals surface area contributed by atoms with Crippen LogP contribution < -0.4 is 10.6 Å². The van der Waals surface area contributed by atoms with Crippen molar-refractivity contribution < 1.29 is 23.5 Å². The fourth-order valence-electron chi connectivity index (χ4n) is 1.75. The summed E-state index contributed by atoms with van der Waals surface area (Å²) in [7, 11) is 0. The van der Waals surface area contributed by atoms with Crippen molar-refractivity contribution in [3.63, 3.8) is 0 Å². The van der Waals surface area contributed by atoms with E-state index in [4.69, 9.17) is 9.15 Å². The highest BCUT2D eigenvalue weighted by atomic mass is 16.6. The molecule has 120 valence electrons. The maximum Gasteiger partial charge on any atom is 0.374 e. The number of rotatable bonds is 5. The Morgan fingerprint density at radius 1 is 1.04 bits per heavy atom. The Morgan fingerprint density at radius 2 is 1.65 bits per heavy atom. The van der Waals surface area contributed by atoms with Gasteiger partial charge < -0.3 is 19.8 Å². The molecule has 0 aliphatic carbocycles. The van der Waals surface area contributed by atoms with E-state index in [9.17, 15) is 14.4 Å². The van der Waals surface area contributed by atoms with Gasteiger partial charge in [-0.05, 0) is 43.3 Å². The van der Waals surface area contributed by atoms with Gasteiger partial charge >= 0.3 is 5.97 Å². The third-order valence-corrected chi connectivity index (χ3v) is 2.85. The molecule has 0 bridgehead atoms. The van der Waals surface area contributed by atoms with Crippen LogP contribution in [0.1, 0.15) is 24.4 Å². The molecule has 2 aromatic rings. The summed E-state index contributed by atoms with van der Waals surface area (Å²) < 4.78 is 9.90. The zero-order valence-electron chi connectivity index (χ0n) is 12.7. The van der Waals surface area contributed by atoms with E-state index in [1.54, 1.807) is 30.3 Å². The Morgan fingerprint density at radius 3 is 2.17 bits per heavy atom. The average Bonchev–Trinajstić information content (AvgIpc) is 3.03. The van der Waals surface area contributed by atoms with Crippen molar-refractivity contribution in [2.45, 2.75) is 20.0 Å². The Hall–Kier alpha value is -3.09. The summed E-state index contributed by atoms with van der Waals surface area (Å²) in [6.07, 6.45) is 0.362. The lowest BCUT2D eigenvalue weighted by Gasteiger charge is -2.13. The van der Waals surface area contributed by atoms with Gasteiger partial charge in [0, 0.05) is 18.3 Å². The summed E-state index contributed by atoms with van der Waals surface area (Å²) in [6, 6.07) is 9.56. The molecule has 2 amide bonds. The largest absolute Gasteiger partial charge is 0.457 e. The van der Waals surface area contributed by atoms with E-state index in [0.29, 0.717) is 11.4 Å². The highest BCUT2D eigenvalue weighted by molar-refractivity contribution is 5.97. The minimum absolute atomic E-state index is 0.0318. The van der Waals surface area contributed by atoms with Crippen LogP contribution in [0, 0.1) is 0 Å². The molecule has 0 aliphatic rings. The Labute approximate surface area is 132 Å². The number of carbonyl (C=O) groups excluding carboxylic acids is 3. The number of anilines is 2. The number of hydrogen-bond acceptors (Lipinski definition) is 5. The summed E-state index contributed by atoms with van der Waals surface area (Å²) in [5.74, 6) is -1.33. The Bertz CT molecular complexity index is 692. The number of esters is 1. The molecule has 1 aromatic carbocycles. The summed E-state index contributed by atoms with van der Waals surface area (Å²) in [5, 5.41) is 5.23. The lowest BCUT2D eigenvalue weighted by molar-refractivity contribution is -0.123. The normalized spacial score (nSPS) is 11.4. The Kier molecular flexibility index (Phi) is 5.14. The summed E-state index contributed by atoms with van der Waals surface area (Å²) in [4.78, 5) is 34.6. The Balaban J connectivity index is 1.90. The molecular weight excluding hydrogens is 300 g/mol. The third-order valence-electron chi connectivity index (χ3n) is 2.85. The lowest BCUT2D eigenvalue weighted by Crippen LogP contribution is -2.29. The smallest absolute Gasteiger partial charge is 0.374 e. The van der Waals surface area contributed by atoms with E-state index < -0.39 is 18.0 Å². The van der Waals surface area contributed by atoms with Crippen LogP contribution in [0.5, 0.6) is 0 Å². The van der Waals surface area contributed by atoms with Gasteiger partial charge in [-0.1, -0.05) is 0 Å². The van der Waals surface area contributed by atoms with Gasteiger partial charge in [0.15, 0.2) is 6.10 Å². The zero-order valence-corrected chi connectivity index (χ0v) is 12.7. The van der Waals surface area contributed by atoms with Gasteiger partial charge in [0.05, 0.1) is 6.26 Å². The molecular formula is C16H16N2O5. The molecule has 0 saturated carbocycles. The van der Waals surface area contributed by atoms with Crippen LogP contribution in [0.25, 0.3) is 0 Å². The molecule has 1 heterocycles. The van der Waals surface area contributed by atoms with Crippen LogP contribution in [0.4, 0.5) is 11.4 Å². The van der Waals surface area contributed by atoms with Crippen LogP contribution in [0.2, 0.25) is 0 Å². The molecule has 0 unspecified atom stereocenters. The lowest BCUT2D eigenvalue weighted by atomic mass is 10.2. The molecule has 7 heteroatoms. The second-order valence-electron chi connectivity index (χ2n) is 4.77. The third kappa shape index (κ3) is 4.70. The highest BCUT2D eigenvalue weighted by Gasteiger charge is 2.20. The van der Waals surface area contributed by atoms with E-state index in [0.717, 1.165) is 0 Å². The number of carbonyl (C=O) groups is 3. The topological polar surface area (TPSA) is 97.6 Å². The van der Waals surface area contributed by atoms with Crippen molar-refractivity contribution >= 4 is 29.2 Å². The standard InChI is InChI=1S/C16H16N2O5/c1-10(23-16(21)14-4-3-9-22-14)15(20)18-13-7-5-12(6-8-13)17-11(2)19/h3-10H,1-2H3,(H,17,19)(H,18,20)/t10-/m0/s1. The van der Waals surface area contributed by atoms with E-state index in [-0.39, 0.29) is 11.7 Å². The van der Waals surface area contributed by atoms with Crippen molar-refractivity contribution in [1.29, 1.82) is 0 Å². The van der Waals surface area contributed by atoms with Crippen molar-refractivity contribution in [3.05, 3.63) is 48.4 Å². The first-order valence-electron chi connectivity index (χ1n) is 6.88. The molecule has 0 radical (unpaired) electrons. The molecule has 0 aliphatic heterocycles. The quantitative estimate of drug-likeness (QED) is 0.826. The van der Waals surface area contributed by atoms with E-state index >= 15 is 0 Å². The summed E-state index contributed by atoms with van der Waals surface area (Å²) >= 11 is 0. The predicted molar refractivity (Wildman–Crippen MR) is 83.0 cm³/mol. The van der Waals surface area contributed by atoms with Crippen molar-refractivity contribution in [1.82, 2.24) is 0 Å². The van der Waals surface area contributed by atoms with Gasteiger partial charge in [0.25, 0.3) is 5.91 Å². The first-order chi connectivity index (χ1) is 11.0. The van der Waals surface area contributed by atoms with Crippen LogP contribution in [-0.4, -0.2) is 23.9 Å². The monoisotopic (exact) mass is 316 g/mol.